The number of nitrogens with one attached hydrogen (secondary N) is 1. The van der Waals surface area contributed by atoms with E-state index in [-0.39, 0.29) is 11.6 Å². The summed E-state index contributed by atoms with van der Waals surface area (Å²) in [7, 11) is 0. The summed E-state index contributed by atoms with van der Waals surface area (Å²) in [4.78, 5) is 33.1. The van der Waals surface area contributed by atoms with Crippen molar-refractivity contribution in [2.75, 3.05) is 19.7 Å². The number of carbonyl (C=O) groups is 1. The SMILES string of the molecule is Cc1nc(=O)[nH]c(C)c1CCC(=O)N1CCC2(CC1)OCCc1cn(-c3ccccc3)nc12. The van der Waals surface area contributed by atoms with E-state index >= 15 is 0 Å². The number of H-pyrrole nitrogens is 1. The van der Waals surface area contributed by atoms with Gasteiger partial charge in [0, 0.05) is 37.1 Å². The molecule has 2 aliphatic rings. The van der Waals surface area contributed by atoms with Gasteiger partial charge in [-0.05, 0) is 62.8 Å². The molecule has 0 unspecified atom stereocenters. The van der Waals surface area contributed by atoms with Crippen molar-refractivity contribution in [2.45, 2.75) is 51.6 Å². The van der Waals surface area contributed by atoms with Gasteiger partial charge in [-0.1, -0.05) is 18.2 Å². The van der Waals surface area contributed by atoms with Gasteiger partial charge in [-0.2, -0.15) is 10.1 Å². The average Bonchev–Trinajstić information content (AvgIpc) is 3.25. The van der Waals surface area contributed by atoms with E-state index in [1.807, 2.05) is 41.6 Å². The van der Waals surface area contributed by atoms with Crippen molar-refractivity contribution < 1.29 is 9.53 Å². The summed E-state index contributed by atoms with van der Waals surface area (Å²) in [5.74, 6) is 0.126. The molecule has 3 aromatic rings. The van der Waals surface area contributed by atoms with Gasteiger partial charge in [0.25, 0.3) is 0 Å². The van der Waals surface area contributed by atoms with Crippen molar-refractivity contribution in [3.05, 3.63) is 75.2 Å². The fraction of sp³-hybridized carbons (Fsp3) is 0.440. The Hall–Kier alpha value is -3.26. The van der Waals surface area contributed by atoms with Crippen LogP contribution in [0.3, 0.4) is 0 Å². The van der Waals surface area contributed by atoms with Gasteiger partial charge in [0.2, 0.25) is 5.91 Å². The molecule has 2 aromatic heterocycles. The number of likely N-dealkylation sites (tertiary alicyclic amines) is 1. The molecule has 1 aromatic carbocycles. The quantitative estimate of drug-likeness (QED) is 0.664. The highest BCUT2D eigenvalue weighted by molar-refractivity contribution is 5.76. The minimum absolute atomic E-state index is 0.126. The van der Waals surface area contributed by atoms with E-state index in [2.05, 4.69) is 28.3 Å². The number of aromatic nitrogens is 4. The number of aryl methyl sites for hydroxylation is 2. The van der Waals surface area contributed by atoms with E-state index < -0.39 is 5.60 Å². The number of aromatic amines is 1. The standard InChI is InChI=1S/C25H29N5O3/c1-17-21(18(2)27-24(32)26-17)8-9-22(31)29-13-11-25(12-14-29)23-19(10-15-33-25)16-30(28-23)20-6-4-3-5-7-20/h3-7,16H,8-15H2,1-2H3,(H,26,27,32). The Morgan fingerprint density at radius 3 is 2.67 bits per heavy atom. The van der Waals surface area contributed by atoms with Crippen LogP contribution in [0.5, 0.6) is 0 Å². The van der Waals surface area contributed by atoms with Gasteiger partial charge in [-0.25, -0.2) is 9.48 Å². The predicted molar refractivity (Wildman–Crippen MR) is 123 cm³/mol. The smallest absolute Gasteiger partial charge is 0.345 e. The average molecular weight is 448 g/mol. The van der Waals surface area contributed by atoms with Crippen LogP contribution in [0.4, 0.5) is 0 Å². The minimum atomic E-state index is -0.416. The van der Waals surface area contributed by atoms with Gasteiger partial charge < -0.3 is 14.6 Å². The van der Waals surface area contributed by atoms with Crippen LogP contribution in [0, 0.1) is 13.8 Å². The van der Waals surface area contributed by atoms with E-state index in [9.17, 15) is 9.59 Å². The second-order valence-corrected chi connectivity index (χ2v) is 8.99. The number of ether oxygens (including phenoxy) is 1. The molecule has 33 heavy (non-hydrogen) atoms. The molecule has 1 N–H and O–H groups in total. The molecule has 0 saturated carbocycles. The van der Waals surface area contributed by atoms with Crippen LogP contribution >= 0.6 is 0 Å². The zero-order chi connectivity index (χ0) is 23.0. The maximum absolute atomic E-state index is 12.9. The van der Waals surface area contributed by atoms with Crippen LogP contribution in [-0.4, -0.2) is 50.3 Å². The molecule has 5 rings (SSSR count). The second kappa shape index (κ2) is 8.59. The lowest BCUT2D eigenvalue weighted by Crippen LogP contribution is -2.48. The van der Waals surface area contributed by atoms with Crippen molar-refractivity contribution in [2.24, 2.45) is 0 Å². The molecular formula is C25H29N5O3. The van der Waals surface area contributed by atoms with E-state index in [0.29, 0.717) is 38.2 Å². The zero-order valence-electron chi connectivity index (χ0n) is 19.1. The summed E-state index contributed by atoms with van der Waals surface area (Å²) >= 11 is 0. The highest BCUT2D eigenvalue weighted by Gasteiger charge is 2.44. The third kappa shape index (κ3) is 4.11. The van der Waals surface area contributed by atoms with Crippen LogP contribution in [0.1, 0.15) is 47.5 Å². The Labute approximate surface area is 192 Å². The summed E-state index contributed by atoms with van der Waals surface area (Å²) in [5.41, 5.74) is 4.97. The van der Waals surface area contributed by atoms with Gasteiger partial charge >= 0.3 is 5.69 Å². The maximum atomic E-state index is 12.9. The van der Waals surface area contributed by atoms with Gasteiger partial charge in [0.15, 0.2) is 0 Å². The molecule has 0 atom stereocenters. The number of benzene rings is 1. The molecule has 1 fully saturated rings. The molecule has 0 radical (unpaired) electrons. The van der Waals surface area contributed by atoms with Gasteiger partial charge in [0.1, 0.15) is 5.60 Å². The Bertz CT molecular complexity index is 1200. The van der Waals surface area contributed by atoms with Crippen LogP contribution in [0.25, 0.3) is 5.69 Å². The lowest BCUT2D eigenvalue weighted by molar-refractivity contribution is -0.141. The van der Waals surface area contributed by atoms with Crippen molar-refractivity contribution in [1.29, 1.82) is 0 Å². The van der Waals surface area contributed by atoms with Crippen LogP contribution < -0.4 is 5.69 Å². The number of hydrogen-bond acceptors (Lipinski definition) is 5. The van der Waals surface area contributed by atoms with Crippen molar-refractivity contribution in [1.82, 2.24) is 24.6 Å². The maximum Gasteiger partial charge on any atom is 0.345 e. The highest BCUT2D eigenvalue weighted by Crippen LogP contribution is 2.41. The lowest BCUT2D eigenvalue weighted by atomic mass is 9.83. The first-order valence-electron chi connectivity index (χ1n) is 11.6. The third-order valence-corrected chi connectivity index (χ3v) is 6.96. The fourth-order valence-corrected chi connectivity index (χ4v) is 5.13. The molecule has 4 heterocycles. The molecule has 172 valence electrons. The van der Waals surface area contributed by atoms with Crippen LogP contribution in [0.2, 0.25) is 0 Å². The molecule has 8 heteroatoms. The van der Waals surface area contributed by atoms with Crippen LogP contribution in [-0.2, 0) is 28.0 Å². The van der Waals surface area contributed by atoms with Gasteiger partial charge in [-0.15, -0.1) is 0 Å². The first-order valence-corrected chi connectivity index (χ1v) is 11.6. The largest absolute Gasteiger partial charge is 0.368 e. The highest BCUT2D eigenvalue weighted by atomic mass is 16.5. The number of hydrogen-bond donors (Lipinski definition) is 1. The Balaban J connectivity index is 1.26. The predicted octanol–water partition coefficient (Wildman–Crippen LogP) is 2.60. The van der Waals surface area contributed by atoms with Gasteiger partial charge in [-0.3, -0.25) is 4.79 Å². The van der Waals surface area contributed by atoms with Crippen molar-refractivity contribution in [3.8, 4) is 5.69 Å². The molecule has 1 amide bonds. The molecule has 1 saturated heterocycles. The first kappa shape index (κ1) is 21.6. The molecule has 8 nitrogen and oxygen atoms in total. The summed E-state index contributed by atoms with van der Waals surface area (Å²) in [6.45, 7) is 5.65. The Kier molecular flexibility index (Phi) is 5.62. The molecule has 0 bridgehead atoms. The van der Waals surface area contributed by atoms with Crippen molar-refractivity contribution in [3.63, 3.8) is 0 Å². The lowest BCUT2D eigenvalue weighted by Gasteiger charge is -2.43. The van der Waals surface area contributed by atoms with E-state index in [0.717, 1.165) is 41.9 Å². The molecule has 0 aliphatic carbocycles. The summed E-state index contributed by atoms with van der Waals surface area (Å²) < 4.78 is 8.27. The Morgan fingerprint density at radius 2 is 1.94 bits per heavy atom. The van der Waals surface area contributed by atoms with E-state index in [4.69, 9.17) is 9.84 Å². The molecule has 1 spiro atoms. The number of nitrogens with zero attached hydrogens (tertiary/aromatic N) is 4. The minimum Gasteiger partial charge on any atom is -0.368 e. The third-order valence-electron chi connectivity index (χ3n) is 6.96. The first-order chi connectivity index (χ1) is 15.9. The topological polar surface area (TPSA) is 93.1 Å². The monoisotopic (exact) mass is 447 g/mol. The van der Waals surface area contributed by atoms with E-state index in [1.165, 1.54) is 5.56 Å². The Morgan fingerprint density at radius 1 is 1.18 bits per heavy atom. The number of fused-ring (bicyclic) bond motifs is 2. The number of carbonyl (C=O) groups excluding carboxylic acids is 1. The molecule has 2 aliphatic heterocycles. The number of amides is 1. The normalized spacial score (nSPS) is 17.2. The van der Waals surface area contributed by atoms with Crippen molar-refractivity contribution >= 4 is 5.91 Å². The number of rotatable bonds is 4. The van der Waals surface area contributed by atoms with Crippen LogP contribution in [0.15, 0.2) is 41.3 Å². The summed E-state index contributed by atoms with van der Waals surface area (Å²) in [6, 6.07) is 10.1. The molecular weight excluding hydrogens is 418 g/mol. The summed E-state index contributed by atoms with van der Waals surface area (Å²) in [6.07, 6.45) is 5.45. The summed E-state index contributed by atoms with van der Waals surface area (Å²) in [5, 5.41) is 4.92. The number of para-hydroxylation sites is 1. The van der Waals surface area contributed by atoms with Gasteiger partial charge in [0.05, 0.1) is 18.0 Å². The number of piperidine rings is 1. The second-order valence-electron chi connectivity index (χ2n) is 8.99. The zero-order valence-corrected chi connectivity index (χ0v) is 19.1. The van der Waals surface area contributed by atoms with E-state index in [1.54, 1.807) is 0 Å². The fourth-order valence-electron chi connectivity index (χ4n) is 5.13.